The second kappa shape index (κ2) is 7.56. The molecular formula is C21H24Br2N2O3. The van der Waals surface area contributed by atoms with Crippen LogP contribution in [0.3, 0.4) is 0 Å². The van der Waals surface area contributed by atoms with Gasteiger partial charge in [-0.2, -0.15) is 0 Å². The summed E-state index contributed by atoms with van der Waals surface area (Å²) in [6, 6.07) is 5.98. The maximum atomic E-state index is 13.0. The second-order valence-corrected chi connectivity index (χ2v) is 10.1. The molecule has 1 aromatic carbocycles. The van der Waals surface area contributed by atoms with Gasteiger partial charge < -0.3 is 5.32 Å². The summed E-state index contributed by atoms with van der Waals surface area (Å²) < 4.78 is 0. The lowest BCUT2D eigenvalue weighted by Crippen LogP contribution is -2.39. The highest BCUT2D eigenvalue weighted by molar-refractivity contribution is 9.12. The number of halogens is 2. The number of alkyl halides is 2. The van der Waals surface area contributed by atoms with E-state index in [4.69, 9.17) is 0 Å². The van der Waals surface area contributed by atoms with Crippen LogP contribution in [0, 0.1) is 23.7 Å². The molecular weight excluding hydrogens is 488 g/mol. The number of benzene rings is 1. The molecule has 28 heavy (non-hydrogen) atoms. The largest absolute Gasteiger partial charge is 0.324 e. The normalized spacial score (nSPS) is 33.5. The van der Waals surface area contributed by atoms with E-state index >= 15 is 0 Å². The molecule has 0 aromatic heterocycles. The number of carbonyl (C=O) groups excluding carboxylic acids is 3. The van der Waals surface area contributed by atoms with E-state index in [2.05, 4.69) is 37.2 Å². The molecule has 1 saturated heterocycles. The number of aryl methyl sites for hydroxylation is 2. The van der Waals surface area contributed by atoms with Crippen molar-refractivity contribution in [2.75, 3.05) is 11.9 Å². The van der Waals surface area contributed by atoms with Gasteiger partial charge in [0.05, 0.1) is 11.8 Å². The van der Waals surface area contributed by atoms with Crippen LogP contribution in [0.5, 0.6) is 0 Å². The molecule has 1 aliphatic heterocycles. The Labute approximate surface area is 181 Å². The van der Waals surface area contributed by atoms with E-state index in [0.717, 1.165) is 36.1 Å². The third kappa shape index (κ3) is 2.96. The quantitative estimate of drug-likeness (QED) is 0.485. The van der Waals surface area contributed by atoms with Crippen LogP contribution in [0.15, 0.2) is 18.2 Å². The van der Waals surface area contributed by atoms with E-state index in [1.165, 1.54) is 4.90 Å². The molecule has 3 fully saturated rings. The van der Waals surface area contributed by atoms with E-state index in [-0.39, 0.29) is 57.6 Å². The highest BCUT2D eigenvalue weighted by atomic mass is 79.9. The molecule has 7 heteroatoms. The summed E-state index contributed by atoms with van der Waals surface area (Å²) in [5.41, 5.74) is 2.94. The lowest BCUT2D eigenvalue weighted by molar-refractivity contribution is -0.143. The Morgan fingerprint density at radius 1 is 1.04 bits per heavy atom. The molecule has 5 nitrogen and oxygen atoms in total. The molecule has 0 unspecified atom stereocenters. The molecule has 2 saturated carbocycles. The molecule has 1 heterocycles. The zero-order chi connectivity index (χ0) is 20.2. The minimum absolute atomic E-state index is 0.163. The van der Waals surface area contributed by atoms with E-state index in [9.17, 15) is 14.4 Å². The summed E-state index contributed by atoms with van der Waals surface area (Å²) in [5.74, 6) is -0.902. The summed E-state index contributed by atoms with van der Waals surface area (Å²) in [6.07, 6.45) is 2.50. The number of para-hydroxylation sites is 1. The topological polar surface area (TPSA) is 66.5 Å². The van der Waals surface area contributed by atoms with Gasteiger partial charge in [0.2, 0.25) is 17.7 Å². The molecule has 150 valence electrons. The maximum Gasteiger partial charge on any atom is 0.244 e. The van der Waals surface area contributed by atoms with E-state index in [0.29, 0.717) is 0 Å². The van der Waals surface area contributed by atoms with Crippen molar-refractivity contribution in [3.63, 3.8) is 0 Å². The molecule has 0 spiro atoms. The molecule has 4 rings (SSSR count). The SMILES string of the molecule is CCc1cccc(CC)c1NC(=O)CN1C(=O)[C@@H]2[C@@H]3C[C@H]([C@H](Br)[C@@H]3Br)[C@@H]2C1=O. The number of carbonyl (C=O) groups is 3. The third-order valence-corrected chi connectivity index (χ3v) is 9.85. The number of hydrogen-bond acceptors (Lipinski definition) is 3. The van der Waals surface area contributed by atoms with Gasteiger partial charge in [-0.3, -0.25) is 19.3 Å². The monoisotopic (exact) mass is 510 g/mol. The Morgan fingerprint density at radius 3 is 2.00 bits per heavy atom. The Kier molecular flexibility index (Phi) is 5.42. The number of amides is 3. The van der Waals surface area contributed by atoms with Crippen LogP contribution in [0.2, 0.25) is 0 Å². The van der Waals surface area contributed by atoms with Gasteiger partial charge in [-0.25, -0.2) is 0 Å². The number of anilines is 1. The molecule has 0 radical (unpaired) electrons. The molecule has 3 aliphatic rings. The van der Waals surface area contributed by atoms with E-state index < -0.39 is 0 Å². The predicted octanol–water partition coefficient (Wildman–Crippen LogP) is 3.53. The lowest BCUT2D eigenvalue weighted by atomic mass is 9.81. The number of nitrogens with zero attached hydrogens (tertiary/aromatic N) is 1. The Bertz CT molecular complexity index is 789. The third-order valence-electron chi connectivity index (χ3n) is 6.64. The van der Waals surface area contributed by atoms with E-state index in [1.54, 1.807) is 0 Å². The molecule has 1 aromatic rings. The summed E-state index contributed by atoms with van der Waals surface area (Å²) in [5, 5.41) is 2.97. The van der Waals surface area contributed by atoms with Gasteiger partial charge in [0, 0.05) is 15.3 Å². The Balaban J connectivity index is 1.51. The first-order valence-corrected chi connectivity index (χ1v) is 11.8. The number of nitrogens with one attached hydrogen (secondary N) is 1. The van der Waals surface area contributed by atoms with Crippen molar-refractivity contribution in [3.05, 3.63) is 29.3 Å². The number of imide groups is 1. The van der Waals surface area contributed by atoms with Gasteiger partial charge in [-0.05, 0) is 42.2 Å². The van der Waals surface area contributed by atoms with Crippen molar-refractivity contribution in [3.8, 4) is 0 Å². The summed E-state index contributed by atoms with van der Waals surface area (Å²) >= 11 is 7.37. The first-order chi connectivity index (χ1) is 13.4. The Hall–Kier alpha value is -1.21. The molecule has 2 aliphatic carbocycles. The zero-order valence-corrected chi connectivity index (χ0v) is 19.1. The van der Waals surface area contributed by atoms with Crippen LogP contribution >= 0.6 is 31.9 Å². The van der Waals surface area contributed by atoms with Crippen LogP contribution in [-0.4, -0.2) is 38.8 Å². The summed E-state index contributed by atoms with van der Waals surface area (Å²) in [7, 11) is 0. The van der Waals surface area contributed by atoms with Crippen LogP contribution in [0.25, 0.3) is 0 Å². The van der Waals surface area contributed by atoms with Crippen molar-refractivity contribution in [2.24, 2.45) is 23.7 Å². The number of hydrogen-bond donors (Lipinski definition) is 1. The van der Waals surface area contributed by atoms with Gasteiger partial charge in [0.25, 0.3) is 0 Å². The van der Waals surface area contributed by atoms with Gasteiger partial charge >= 0.3 is 0 Å². The summed E-state index contributed by atoms with van der Waals surface area (Å²) in [4.78, 5) is 40.3. The average molecular weight is 512 g/mol. The van der Waals surface area contributed by atoms with Crippen LogP contribution in [0.1, 0.15) is 31.4 Å². The van der Waals surface area contributed by atoms with Crippen molar-refractivity contribution < 1.29 is 14.4 Å². The van der Waals surface area contributed by atoms with Crippen molar-refractivity contribution in [1.82, 2.24) is 4.90 Å². The minimum atomic E-state index is -0.310. The van der Waals surface area contributed by atoms with Gasteiger partial charge in [0.15, 0.2) is 0 Å². The fourth-order valence-electron chi connectivity index (χ4n) is 5.29. The maximum absolute atomic E-state index is 13.0. The Morgan fingerprint density at radius 2 is 1.54 bits per heavy atom. The number of rotatable bonds is 5. The zero-order valence-electron chi connectivity index (χ0n) is 16.0. The predicted molar refractivity (Wildman–Crippen MR) is 115 cm³/mol. The highest BCUT2D eigenvalue weighted by Gasteiger charge is 2.66. The molecule has 2 bridgehead atoms. The second-order valence-electron chi connectivity index (χ2n) is 7.97. The fraction of sp³-hybridized carbons (Fsp3) is 0.571. The minimum Gasteiger partial charge on any atom is -0.324 e. The smallest absolute Gasteiger partial charge is 0.244 e. The van der Waals surface area contributed by atoms with Crippen molar-refractivity contribution in [1.29, 1.82) is 0 Å². The van der Waals surface area contributed by atoms with Crippen molar-refractivity contribution in [2.45, 2.75) is 42.8 Å². The van der Waals surface area contributed by atoms with Crippen molar-refractivity contribution >= 4 is 55.3 Å². The molecule has 6 atom stereocenters. The first-order valence-electron chi connectivity index (χ1n) is 9.92. The van der Waals surface area contributed by atoms with Crippen LogP contribution in [0.4, 0.5) is 5.69 Å². The highest BCUT2D eigenvalue weighted by Crippen LogP contribution is 2.60. The first kappa shape index (κ1) is 20.1. The standard InChI is InChI=1S/C21H24Br2N2O3/c1-3-10-6-5-7-11(4-2)19(10)24-14(26)9-25-20(27)15-12-8-13(16(15)21(25)28)18(23)17(12)22/h5-7,12-13,15-18H,3-4,8-9H2,1-2H3,(H,24,26)/t12-,13-,15-,16+,17-,18+/m0/s1. The molecule has 3 amide bonds. The fourth-order valence-corrected chi connectivity index (χ4v) is 7.17. The van der Waals surface area contributed by atoms with Gasteiger partial charge in [-0.1, -0.05) is 63.9 Å². The number of fused-ring (bicyclic) bond motifs is 5. The van der Waals surface area contributed by atoms with Crippen LogP contribution in [-0.2, 0) is 27.2 Å². The summed E-state index contributed by atoms with van der Waals surface area (Å²) in [6.45, 7) is 3.88. The van der Waals surface area contributed by atoms with Gasteiger partial charge in [0.1, 0.15) is 6.54 Å². The van der Waals surface area contributed by atoms with Crippen LogP contribution < -0.4 is 5.32 Å². The number of likely N-dealkylation sites (tertiary alicyclic amines) is 1. The molecule has 1 N–H and O–H groups in total. The van der Waals surface area contributed by atoms with E-state index in [1.807, 2.05) is 32.0 Å². The van der Waals surface area contributed by atoms with Gasteiger partial charge in [-0.15, -0.1) is 0 Å². The average Bonchev–Trinajstić information content (AvgIpc) is 3.29. The lowest BCUT2D eigenvalue weighted by Gasteiger charge is -2.28.